The Morgan fingerprint density at radius 1 is 0.973 bits per heavy atom. The van der Waals surface area contributed by atoms with Crippen LogP contribution in [0.5, 0.6) is 5.75 Å². The van der Waals surface area contributed by atoms with Crippen molar-refractivity contribution in [2.75, 3.05) is 19.6 Å². The molecule has 37 heavy (non-hydrogen) atoms. The van der Waals surface area contributed by atoms with Gasteiger partial charge in [-0.25, -0.2) is 4.39 Å². The zero-order chi connectivity index (χ0) is 26.2. The van der Waals surface area contributed by atoms with Gasteiger partial charge in [0.15, 0.2) is 0 Å². The quantitative estimate of drug-likeness (QED) is 0.447. The van der Waals surface area contributed by atoms with Gasteiger partial charge in [-0.1, -0.05) is 55.5 Å². The van der Waals surface area contributed by atoms with Crippen molar-refractivity contribution < 1.29 is 18.7 Å². The number of benzene rings is 2. The highest BCUT2D eigenvalue weighted by Crippen LogP contribution is 2.31. The first-order chi connectivity index (χ1) is 18.0. The summed E-state index contributed by atoms with van der Waals surface area (Å²) < 4.78 is 21.1. The fourth-order valence-electron chi connectivity index (χ4n) is 5.60. The molecule has 0 N–H and O–H groups in total. The predicted molar refractivity (Wildman–Crippen MR) is 145 cm³/mol. The van der Waals surface area contributed by atoms with Crippen molar-refractivity contribution in [1.82, 2.24) is 9.80 Å². The molecule has 1 aliphatic heterocycles. The number of ether oxygens (including phenoxy) is 1. The van der Waals surface area contributed by atoms with Gasteiger partial charge in [0.25, 0.3) is 5.91 Å². The lowest BCUT2D eigenvalue weighted by Gasteiger charge is -2.40. The van der Waals surface area contributed by atoms with E-state index in [2.05, 4.69) is 0 Å². The Bertz CT molecular complexity index is 1060. The first-order valence-electron chi connectivity index (χ1n) is 13.8. The Balaban J connectivity index is 1.65. The summed E-state index contributed by atoms with van der Waals surface area (Å²) in [6.45, 7) is 4.00. The number of carbonyl (C=O) groups excluding carboxylic acids is 2. The number of amides is 2. The normalized spacial score (nSPS) is 21.8. The smallest absolute Gasteiger partial charge is 0.257 e. The molecule has 200 valence electrons. The fraction of sp³-hybridized carbons (Fsp3) is 0.533. The molecule has 1 heterocycles. The molecule has 1 aliphatic carbocycles. The molecule has 1 saturated carbocycles. The summed E-state index contributed by atoms with van der Waals surface area (Å²) >= 11 is 6.27. The molecular weight excluding hydrogens is 491 g/mol. The maximum atomic E-state index is 14.5. The molecular formula is C30H38ClFN2O3. The van der Waals surface area contributed by atoms with Crippen molar-refractivity contribution in [3.63, 3.8) is 0 Å². The highest BCUT2D eigenvalue weighted by molar-refractivity contribution is 6.31. The van der Waals surface area contributed by atoms with Gasteiger partial charge < -0.3 is 14.5 Å². The topological polar surface area (TPSA) is 49.9 Å². The van der Waals surface area contributed by atoms with Gasteiger partial charge in [0.1, 0.15) is 17.7 Å². The minimum absolute atomic E-state index is 0.0116. The Hall–Kier alpha value is -2.60. The van der Waals surface area contributed by atoms with E-state index in [1.807, 2.05) is 41.0 Å². The van der Waals surface area contributed by atoms with Crippen LogP contribution in [0.1, 0.15) is 80.6 Å². The number of para-hydroxylation sites is 1. The average molecular weight is 529 g/mol. The van der Waals surface area contributed by atoms with Crippen molar-refractivity contribution in [3.8, 4) is 5.75 Å². The zero-order valence-electron chi connectivity index (χ0n) is 21.8. The van der Waals surface area contributed by atoms with E-state index in [-0.39, 0.29) is 41.0 Å². The molecule has 1 fully saturated rings. The highest BCUT2D eigenvalue weighted by Gasteiger charge is 2.35. The number of hydrogen-bond acceptors (Lipinski definition) is 3. The van der Waals surface area contributed by atoms with Gasteiger partial charge in [-0.3, -0.25) is 9.59 Å². The third kappa shape index (κ3) is 6.84. The second-order valence-corrected chi connectivity index (χ2v) is 10.5. The molecule has 0 bridgehead atoms. The zero-order valence-corrected chi connectivity index (χ0v) is 22.5. The molecule has 4 rings (SSSR count). The first-order valence-corrected chi connectivity index (χ1v) is 14.1. The molecule has 2 amide bonds. The molecule has 0 radical (unpaired) electrons. The summed E-state index contributed by atoms with van der Waals surface area (Å²) in [4.78, 5) is 30.9. The molecule has 0 aromatic heterocycles. The van der Waals surface area contributed by atoms with Crippen LogP contribution >= 0.6 is 11.6 Å². The minimum atomic E-state index is -0.455. The van der Waals surface area contributed by atoms with Crippen LogP contribution in [0, 0.1) is 5.82 Å². The molecule has 2 aliphatic rings. The van der Waals surface area contributed by atoms with Gasteiger partial charge in [0.2, 0.25) is 5.91 Å². The number of rotatable bonds is 3. The van der Waals surface area contributed by atoms with E-state index in [0.717, 1.165) is 64.3 Å². The molecule has 2 atom stereocenters. The number of hydrogen-bond donors (Lipinski definition) is 0. The summed E-state index contributed by atoms with van der Waals surface area (Å²) in [6, 6.07) is 11.8. The van der Waals surface area contributed by atoms with E-state index >= 15 is 0 Å². The monoisotopic (exact) mass is 528 g/mol. The summed E-state index contributed by atoms with van der Waals surface area (Å²) in [5.41, 5.74) is 0.813. The second-order valence-electron chi connectivity index (χ2n) is 10.1. The van der Waals surface area contributed by atoms with Crippen LogP contribution in [0.25, 0.3) is 0 Å². The van der Waals surface area contributed by atoms with Gasteiger partial charge in [-0.05, 0) is 63.3 Å². The van der Waals surface area contributed by atoms with E-state index < -0.39 is 5.82 Å². The van der Waals surface area contributed by atoms with Crippen LogP contribution in [-0.2, 0) is 11.2 Å². The molecule has 7 heteroatoms. The van der Waals surface area contributed by atoms with E-state index in [9.17, 15) is 14.0 Å². The Labute approximate surface area is 224 Å². The number of fused-ring (bicyclic) bond motifs is 2. The van der Waals surface area contributed by atoms with Crippen molar-refractivity contribution in [2.24, 2.45) is 0 Å². The molecule has 2 aromatic carbocycles. The Morgan fingerprint density at radius 3 is 2.49 bits per heavy atom. The van der Waals surface area contributed by atoms with Crippen molar-refractivity contribution >= 4 is 23.4 Å². The van der Waals surface area contributed by atoms with Gasteiger partial charge in [0, 0.05) is 30.2 Å². The number of halogens is 2. The van der Waals surface area contributed by atoms with E-state index in [4.69, 9.17) is 16.3 Å². The number of carbonyl (C=O) groups is 2. The molecule has 0 spiro atoms. The lowest BCUT2D eigenvalue weighted by atomic mass is 9.90. The third-order valence-electron chi connectivity index (χ3n) is 7.67. The molecule has 5 nitrogen and oxygen atoms in total. The highest BCUT2D eigenvalue weighted by atomic mass is 35.5. The molecule has 2 aromatic rings. The maximum Gasteiger partial charge on any atom is 0.257 e. The second kappa shape index (κ2) is 13.3. The lowest BCUT2D eigenvalue weighted by molar-refractivity contribution is -0.136. The fourth-order valence-corrected chi connectivity index (χ4v) is 5.83. The van der Waals surface area contributed by atoms with E-state index in [0.29, 0.717) is 24.4 Å². The minimum Gasteiger partial charge on any atom is -0.487 e. The van der Waals surface area contributed by atoms with Gasteiger partial charge in [-0.2, -0.15) is 0 Å². The van der Waals surface area contributed by atoms with Crippen molar-refractivity contribution in [3.05, 3.63) is 64.4 Å². The van der Waals surface area contributed by atoms with Crippen LogP contribution in [0.2, 0.25) is 5.02 Å². The van der Waals surface area contributed by atoms with Crippen LogP contribution in [0.4, 0.5) is 4.39 Å². The Kier molecular flexibility index (Phi) is 9.84. The Morgan fingerprint density at radius 2 is 1.70 bits per heavy atom. The van der Waals surface area contributed by atoms with Crippen molar-refractivity contribution in [1.29, 1.82) is 0 Å². The van der Waals surface area contributed by atoms with Gasteiger partial charge >= 0.3 is 0 Å². The molecule has 0 saturated heterocycles. The SMILES string of the molecule is CCN1CCCCCCCN(C(=O)Cc2c(F)cccc2Cl)[C@@H]2CCCC[C@@H]2Oc2ccccc2C1=O. The van der Waals surface area contributed by atoms with E-state index in [1.54, 1.807) is 12.1 Å². The predicted octanol–water partition coefficient (Wildman–Crippen LogP) is 6.67. The van der Waals surface area contributed by atoms with Crippen LogP contribution in [0.3, 0.4) is 0 Å². The third-order valence-corrected chi connectivity index (χ3v) is 8.02. The van der Waals surface area contributed by atoms with Gasteiger partial charge in [0.05, 0.1) is 18.0 Å². The number of nitrogens with zero attached hydrogens (tertiary/aromatic N) is 2. The van der Waals surface area contributed by atoms with Crippen LogP contribution < -0.4 is 4.74 Å². The average Bonchev–Trinajstić information content (AvgIpc) is 2.90. The maximum absolute atomic E-state index is 14.5. The van der Waals surface area contributed by atoms with Crippen LogP contribution in [0.15, 0.2) is 42.5 Å². The summed E-state index contributed by atoms with van der Waals surface area (Å²) in [5, 5.41) is 0.274. The first kappa shape index (κ1) is 27.4. The van der Waals surface area contributed by atoms with Gasteiger partial charge in [-0.15, -0.1) is 0 Å². The van der Waals surface area contributed by atoms with E-state index in [1.165, 1.54) is 6.07 Å². The molecule has 0 unspecified atom stereocenters. The lowest BCUT2D eigenvalue weighted by Crippen LogP contribution is -2.51. The largest absolute Gasteiger partial charge is 0.487 e. The standard InChI is InChI=1S/C30H38ClFN2O3/c1-2-33-19-10-4-3-5-11-20-34(29(35)21-23-24(31)14-12-15-25(23)32)26-16-7-9-18-28(26)37-27-17-8-6-13-22(27)30(33)36/h6,8,12-15,17,26,28H,2-5,7,9-11,16,18-21H2,1H3/t26-,28+/m1/s1. The summed E-state index contributed by atoms with van der Waals surface area (Å²) in [7, 11) is 0. The summed E-state index contributed by atoms with van der Waals surface area (Å²) in [6.07, 6.45) is 8.23. The van der Waals surface area contributed by atoms with Crippen molar-refractivity contribution in [2.45, 2.75) is 83.3 Å². The summed E-state index contributed by atoms with van der Waals surface area (Å²) in [5.74, 6) is -0.0217. The van der Waals surface area contributed by atoms with Crippen LogP contribution in [-0.4, -0.2) is 53.4 Å².